The van der Waals surface area contributed by atoms with E-state index < -0.39 is 4.92 Å². The Morgan fingerprint density at radius 2 is 2.00 bits per heavy atom. The molecule has 1 N–H and O–H groups in total. The molecule has 0 bridgehead atoms. The Labute approximate surface area is 133 Å². The molecule has 23 heavy (non-hydrogen) atoms. The number of aromatic nitrogens is 2. The number of rotatable bonds is 3. The van der Waals surface area contributed by atoms with Crippen molar-refractivity contribution >= 4 is 40.2 Å². The molecule has 3 rings (SSSR count). The highest BCUT2D eigenvalue weighted by Gasteiger charge is 2.31. The molecule has 10 heteroatoms. The number of carbonyl (C=O) groups excluding carboxylic acids is 1. The Morgan fingerprint density at radius 3 is 2.65 bits per heavy atom. The van der Waals surface area contributed by atoms with Gasteiger partial charge >= 0.3 is 5.69 Å². The maximum atomic E-state index is 12.1. The SMILES string of the molecule is O=C1CS/C(=N\c2ncc([N+](=O)[O-])cn2)N1c1ccccc1O. The summed E-state index contributed by atoms with van der Waals surface area (Å²) in [5.41, 5.74) is 0.0600. The number of thioether (sulfide) groups is 1. The fourth-order valence-electron chi connectivity index (χ4n) is 1.89. The standard InChI is InChI=1S/C13H9N5O4S/c19-10-4-2-1-3-9(10)17-11(20)7-23-13(17)16-12-14-5-8(6-15-12)18(21)22/h1-6,19H,7H2/b16-13-. The molecule has 0 unspecified atom stereocenters. The van der Waals surface area contributed by atoms with Gasteiger partial charge in [-0.3, -0.25) is 19.8 Å². The molecule has 0 radical (unpaired) electrons. The predicted molar refractivity (Wildman–Crippen MR) is 83.8 cm³/mol. The number of carbonyl (C=O) groups is 1. The maximum absolute atomic E-state index is 12.1. The van der Waals surface area contributed by atoms with Gasteiger partial charge in [0.1, 0.15) is 18.1 Å². The molecule has 0 aliphatic carbocycles. The van der Waals surface area contributed by atoms with Crippen LogP contribution in [0.1, 0.15) is 0 Å². The van der Waals surface area contributed by atoms with Gasteiger partial charge in [0.25, 0.3) is 5.95 Å². The highest BCUT2D eigenvalue weighted by atomic mass is 32.2. The molecule has 0 spiro atoms. The number of anilines is 1. The van der Waals surface area contributed by atoms with Crippen LogP contribution in [0.25, 0.3) is 0 Å². The number of para-hydroxylation sites is 2. The Bertz CT molecular complexity index is 808. The van der Waals surface area contributed by atoms with Gasteiger partial charge in [-0.2, -0.15) is 4.99 Å². The van der Waals surface area contributed by atoms with Crippen molar-refractivity contribution in [3.8, 4) is 5.75 Å². The first-order valence-corrected chi connectivity index (χ1v) is 7.33. The fourth-order valence-corrected chi connectivity index (χ4v) is 2.74. The number of benzene rings is 1. The van der Waals surface area contributed by atoms with Gasteiger partial charge in [0, 0.05) is 0 Å². The van der Waals surface area contributed by atoms with Crippen LogP contribution in [0.5, 0.6) is 5.75 Å². The minimum absolute atomic E-state index is 0.00628. The predicted octanol–water partition coefficient (Wildman–Crippen LogP) is 1.86. The number of aliphatic imine (C=N–C) groups is 1. The highest BCUT2D eigenvalue weighted by Crippen LogP contribution is 2.33. The lowest BCUT2D eigenvalue weighted by molar-refractivity contribution is -0.385. The van der Waals surface area contributed by atoms with Gasteiger partial charge in [-0.25, -0.2) is 9.97 Å². The summed E-state index contributed by atoms with van der Waals surface area (Å²) < 4.78 is 0. The summed E-state index contributed by atoms with van der Waals surface area (Å²) >= 11 is 1.17. The van der Waals surface area contributed by atoms with Crippen molar-refractivity contribution in [2.45, 2.75) is 0 Å². The summed E-state index contributed by atoms with van der Waals surface area (Å²) in [5, 5.41) is 20.8. The van der Waals surface area contributed by atoms with Crippen molar-refractivity contribution in [1.82, 2.24) is 9.97 Å². The van der Waals surface area contributed by atoms with Gasteiger partial charge in [-0.05, 0) is 12.1 Å². The van der Waals surface area contributed by atoms with E-state index in [9.17, 15) is 20.0 Å². The average Bonchev–Trinajstić information content (AvgIpc) is 2.89. The number of nitrogens with zero attached hydrogens (tertiary/aromatic N) is 5. The van der Waals surface area contributed by atoms with Crippen LogP contribution in [0, 0.1) is 10.1 Å². The van der Waals surface area contributed by atoms with Crippen LogP contribution in [0.2, 0.25) is 0 Å². The summed E-state index contributed by atoms with van der Waals surface area (Å²) in [6.45, 7) is 0. The first kappa shape index (κ1) is 14.9. The number of nitro groups is 1. The molecule has 0 atom stereocenters. The molecule has 1 amide bonds. The van der Waals surface area contributed by atoms with E-state index in [4.69, 9.17) is 0 Å². The zero-order chi connectivity index (χ0) is 16.4. The van der Waals surface area contributed by atoms with Gasteiger partial charge in [0.05, 0.1) is 16.4 Å². The first-order chi connectivity index (χ1) is 11.1. The molecule has 0 saturated carbocycles. The molecule has 2 heterocycles. The third-order valence-corrected chi connectivity index (χ3v) is 3.84. The second-order valence-electron chi connectivity index (χ2n) is 4.40. The van der Waals surface area contributed by atoms with Crippen LogP contribution in [-0.4, -0.2) is 36.8 Å². The Morgan fingerprint density at radius 1 is 1.30 bits per heavy atom. The molecule has 1 fully saturated rings. The van der Waals surface area contributed by atoms with Gasteiger partial charge < -0.3 is 5.11 Å². The highest BCUT2D eigenvalue weighted by molar-refractivity contribution is 8.15. The van der Waals surface area contributed by atoms with Crippen LogP contribution in [0.3, 0.4) is 0 Å². The Kier molecular flexibility index (Phi) is 3.89. The zero-order valence-electron chi connectivity index (χ0n) is 11.5. The third kappa shape index (κ3) is 2.97. The van der Waals surface area contributed by atoms with Crippen LogP contribution >= 0.6 is 11.8 Å². The lowest BCUT2D eigenvalue weighted by Gasteiger charge is -2.16. The van der Waals surface area contributed by atoms with Crippen molar-refractivity contribution in [3.63, 3.8) is 0 Å². The van der Waals surface area contributed by atoms with E-state index in [0.717, 1.165) is 12.4 Å². The molecule has 1 aromatic carbocycles. The largest absolute Gasteiger partial charge is 0.506 e. The van der Waals surface area contributed by atoms with Crippen LogP contribution in [0.4, 0.5) is 17.3 Å². The van der Waals surface area contributed by atoms with Gasteiger partial charge in [0.15, 0.2) is 5.17 Å². The van der Waals surface area contributed by atoms with Crippen LogP contribution in [-0.2, 0) is 4.79 Å². The number of phenols is 1. The van der Waals surface area contributed by atoms with E-state index in [2.05, 4.69) is 15.0 Å². The van der Waals surface area contributed by atoms with Crippen molar-refractivity contribution < 1.29 is 14.8 Å². The van der Waals surface area contributed by atoms with E-state index in [1.54, 1.807) is 18.2 Å². The topological polar surface area (TPSA) is 122 Å². The van der Waals surface area contributed by atoms with E-state index in [-0.39, 0.29) is 29.0 Å². The zero-order valence-corrected chi connectivity index (χ0v) is 12.3. The lowest BCUT2D eigenvalue weighted by Crippen LogP contribution is -2.29. The van der Waals surface area contributed by atoms with E-state index >= 15 is 0 Å². The summed E-state index contributed by atoms with van der Waals surface area (Å²) in [6.07, 6.45) is 2.08. The quantitative estimate of drug-likeness (QED) is 0.672. The van der Waals surface area contributed by atoms with Crippen LogP contribution in [0.15, 0.2) is 41.7 Å². The first-order valence-electron chi connectivity index (χ1n) is 6.35. The molecule has 1 saturated heterocycles. The second kappa shape index (κ2) is 6.01. The molecule has 116 valence electrons. The Hall–Kier alpha value is -3.01. The van der Waals surface area contributed by atoms with Gasteiger partial charge in [-0.15, -0.1) is 0 Å². The van der Waals surface area contributed by atoms with E-state index in [1.807, 2.05) is 0 Å². The number of amides is 1. The van der Waals surface area contributed by atoms with Gasteiger partial charge in [0.2, 0.25) is 5.91 Å². The molecular weight excluding hydrogens is 322 g/mol. The summed E-state index contributed by atoms with van der Waals surface area (Å²) in [5.74, 6) is -0.133. The molecular formula is C13H9N5O4S. The summed E-state index contributed by atoms with van der Waals surface area (Å²) in [7, 11) is 0. The molecule has 9 nitrogen and oxygen atoms in total. The van der Waals surface area contributed by atoms with Crippen LogP contribution < -0.4 is 4.90 Å². The van der Waals surface area contributed by atoms with Crippen molar-refractivity contribution in [3.05, 3.63) is 46.8 Å². The minimum atomic E-state index is -0.612. The van der Waals surface area contributed by atoms with Crippen molar-refractivity contribution in [1.29, 1.82) is 0 Å². The van der Waals surface area contributed by atoms with Crippen molar-refractivity contribution in [2.24, 2.45) is 4.99 Å². The lowest BCUT2D eigenvalue weighted by atomic mass is 10.2. The maximum Gasteiger partial charge on any atom is 0.305 e. The number of aromatic hydroxyl groups is 1. The average molecular weight is 331 g/mol. The normalized spacial score (nSPS) is 16.1. The smallest absolute Gasteiger partial charge is 0.305 e. The second-order valence-corrected chi connectivity index (χ2v) is 5.34. The molecule has 1 aliphatic heterocycles. The minimum Gasteiger partial charge on any atom is -0.506 e. The van der Waals surface area contributed by atoms with E-state index in [1.165, 1.54) is 22.7 Å². The molecule has 2 aromatic rings. The molecule has 1 aliphatic rings. The summed E-state index contributed by atoms with van der Waals surface area (Å²) in [4.78, 5) is 35.0. The summed E-state index contributed by atoms with van der Waals surface area (Å²) in [6, 6.07) is 6.38. The number of hydrogen-bond acceptors (Lipinski definition) is 8. The third-order valence-electron chi connectivity index (χ3n) is 2.92. The Balaban J connectivity index is 1.96. The van der Waals surface area contributed by atoms with Gasteiger partial charge in [-0.1, -0.05) is 23.9 Å². The number of hydrogen-bond donors (Lipinski definition) is 1. The number of phenolic OH excluding ortho intramolecular Hbond substituents is 1. The van der Waals surface area contributed by atoms with Crippen molar-refractivity contribution in [2.75, 3.05) is 10.7 Å². The van der Waals surface area contributed by atoms with E-state index in [0.29, 0.717) is 10.9 Å². The number of amidine groups is 1. The molecule has 1 aromatic heterocycles. The monoisotopic (exact) mass is 331 g/mol. The fraction of sp³-hybridized carbons (Fsp3) is 0.0769.